The van der Waals surface area contributed by atoms with Crippen LogP contribution in [0.1, 0.15) is 41.7 Å². The van der Waals surface area contributed by atoms with Gasteiger partial charge >= 0.3 is 0 Å². The highest BCUT2D eigenvalue weighted by Crippen LogP contribution is 2.40. The van der Waals surface area contributed by atoms with Crippen molar-refractivity contribution in [1.82, 2.24) is 40.6 Å². The van der Waals surface area contributed by atoms with Crippen LogP contribution in [-0.2, 0) is 4.79 Å². The number of piperazine rings is 1. The summed E-state index contributed by atoms with van der Waals surface area (Å²) in [5.74, 6) is -0.0151. The molecule has 2 aromatic heterocycles. The zero-order valence-electron chi connectivity index (χ0n) is 24.8. The summed E-state index contributed by atoms with van der Waals surface area (Å²) < 4.78 is 22.1. The molecule has 44 heavy (non-hydrogen) atoms. The number of hydrogen-bond donors (Lipinski definition) is 3. The van der Waals surface area contributed by atoms with Gasteiger partial charge < -0.3 is 24.9 Å². The van der Waals surface area contributed by atoms with Crippen LogP contribution >= 0.6 is 0 Å². The lowest BCUT2D eigenvalue weighted by molar-refractivity contribution is -0.131. The molecule has 230 valence electrons. The van der Waals surface area contributed by atoms with E-state index in [2.05, 4.69) is 25.8 Å². The van der Waals surface area contributed by atoms with Crippen LogP contribution in [0.25, 0.3) is 27.6 Å². The SMILES string of the molecule is COc1cnccc1-c1cc(C2=CCCN(C(=O)CCN3C=CNN3)C2)c(F)c2[nH]c(C(=O)N3CCN(C4CC4)CC3)cc12. The van der Waals surface area contributed by atoms with Crippen molar-refractivity contribution < 1.29 is 18.7 Å². The van der Waals surface area contributed by atoms with Gasteiger partial charge in [0.15, 0.2) is 5.82 Å². The minimum atomic E-state index is -0.438. The third-order valence-electron chi connectivity index (χ3n) is 9.00. The van der Waals surface area contributed by atoms with Crippen molar-refractivity contribution in [2.75, 3.05) is 52.9 Å². The average Bonchev–Trinajstić information content (AvgIpc) is 3.59. The Balaban J connectivity index is 1.21. The van der Waals surface area contributed by atoms with Crippen molar-refractivity contribution in [2.45, 2.75) is 31.7 Å². The molecule has 11 nitrogen and oxygen atoms in total. The number of hydrazine groups is 2. The number of fused-ring (bicyclic) bond motifs is 1. The molecule has 3 N–H and O–H groups in total. The highest BCUT2D eigenvalue weighted by atomic mass is 19.1. The van der Waals surface area contributed by atoms with Gasteiger partial charge in [0, 0.05) is 93.4 Å². The molecule has 0 radical (unpaired) electrons. The van der Waals surface area contributed by atoms with Crippen molar-refractivity contribution in [1.29, 1.82) is 0 Å². The second-order valence-corrected chi connectivity index (χ2v) is 11.7. The average molecular weight is 601 g/mol. The Morgan fingerprint density at radius 1 is 1.07 bits per heavy atom. The molecule has 2 fully saturated rings. The number of carbonyl (C=O) groups is 2. The molecule has 7 rings (SSSR count). The third-order valence-corrected chi connectivity index (χ3v) is 9.00. The van der Waals surface area contributed by atoms with Crippen LogP contribution < -0.4 is 15.7 Å². The number of ether oxygens (including phenoxy) is 1. The minimum Gasteiger partial charge on any atom is -0.494 e. The number of aromatic amines is 1. The number of nitrogens with one attached hydrogen (secondary N) is 3. The number of hydrogen-bond acceptors (Lipinski definition) is 8. The lowest BCUT2D eigenvalue weighted by atomic mass is 9.93. The van der Waals surface area contributed by atoms with E-state index in [1.165, 1.54) is 12.8 Å². The lowest BCUT2D eigenvalue weighted by Crippen LogP contribution is -2.49. The van der Waals surface area contributed by atoms with Crippen LogP contribution in [0.15, 0.2) is 49.1 Å². The fourth-order valence-corrected chi connectivity index (χ4v) is 6.44. The number of pyridine rings is 1. The minimum absolute atomic E-state index is 0.00440. The van der Waals surface area contributed by atoms with Crippen molar-refractivity contribution in [3.8, 4) is 16.9 Å². The van der Waals surface area contributed by atoms with E-state index in [-0.39, 0.29) is 17.3 Å². The zero-order chi connectivity index (χ0) is 30.2. The summed E-state index contributed by atoms with van der Waals surface area (Å²) >= 11 is 0. The summed E-state index contributed by atoms with van der Waals surface area (Å²) in [6, 6.07) is 6.08. The van der Waals surface area contributed by atoms with E-state index in [1.807, 2.05) is 29.3 Å². The molecule has 3 aliphatic heterocycles. The first-order valence-electron chi connectivity index (χ1n) is 15.3. The van der Waals surface area contributed by atoms with Gasteiger partial charge in [0.2, 0.25) is 5.91 Å². The van der Waals surface area contributed by atoms with E-state index < -0.39 is 5.82 Å². The molecule has 12 heteroatoms. The molecule has 0 unspecified atom stereocenters. The predicted molar refractivity (Wildman–Crippen MR) is 164 cm³/mol. The molecule has 1 saturated heterocycles. The number of H-pyrrole nitrogens is 1. The molecule has 1 aliphatic carbocycles. The van der Waals surface area contributed by atoms with Gasteiger partial charge in [-0.2, -0.15) is 0 Å². The Hall–Kier alpha value is -4.42. The lowest BCUT2D eigenvalue weighted by Gasteiger charge is -2.34. The second kappa shape index (κ2) is 11.9. The highest BCUT2D eigenvalue weighted by Gasteiger charge is 2.33. The van der Waals surface area contributed by atoms with Gasteiger partial charge in [-0.05, 0) is 48.6 Å². The normalized spacial score (nSPS) is 19.0. The predicted octanol–water partition coefficient (Wildman–Crippen LogP) is 3.10. The number of amides is 2. The first-order chi connectivity index (χ1) is 21.5. The summed E-state index contributed by atoms with van der Waals surface area (Å²) in [7, 11) is 1.58. The van der Waals surface area contributed by atoms with Crippen LogP contribution in [0.4, 0.5) is 4.39 Å². The van der Waals surface area contributed by atoms with Crippen LogP contribution in [0, 0.1) is 5.82 Å². The summed E-state index contributed by atoms with van der Waals surface area (Å²) in [6.07, 6.45) is 12.3. The Kier molecular flexibility index (Phi) is 7.69. The summed E-state index contributed by atoms with van der Waals surface area (Å²) in [5, 5.41) is 2.40. The Bertz CT molecular complexity index is 1640. The van der Waals surface area contributed by atoms with Gasteiger partial charge in [-0.3, -0.25) is 24.5 Å². The van der Waals surface area contributed by atoms with E-state index in [0.29, 0.717) is 74.0 Å². The van der Waals surface area contributed by atoms with E-state index in [4.69, 9.17) is 4.74 Å². The van der Waals surface area contributed by atoms with Crippen molar-refractivity contribution in [3.63, 3.8) is 0 Å². The first kappa shape index (κ1) is 28.4. The molecule has 1 saturated carbocycles. The molecule has 0 spiro atoms. The molecule has 5 heterocycles. The molecular formula is C32H37FN8O3. The topological polar surface area (TPSA) is 109 Å². The van der Waals surface area contributed by atoms with Crippen LogP contribution in [-0.4, -0.2) is 100 Å². The number of carbonyl (C=O) groups excluding carboxylic acids is 2. The van der Waals surface area contributed by atoms with Gasteiger partial charge in [0.1, 0.15) is 11.4 Å². The molecule has 4 aliphatic rings. The van der Waals surface area contributed by atoms with E-state index in [0.717, 1.165) is 29.8 Å². The van der Waals surface area contributed by atoms with Crippen LogP contribution in [0.2, 0.25) is 0 Å². The monoisotopic (exact) mass is 600 g/mol. The number of benzene rings is 1. The summed E-state index contributed by atoms with van der Waals surface area (Å²) in [6.45, 7) is 4.42. The number of nitrogens with zero attached hydrogens (tertiary/aromatic N) is 5. The maximum absolute atomic E-state index is 16.5. The molecule has 0 atom stereocenters. The Morgan fingerprint density at radius 3 is 2.66 bits per heavy atom. The molecule has 2 amide bonds. The van der Waals surface area contributed by atoms with Gasteiger partial charge in [-0.25, -0.2) is 4.39 Å². The van der Waals surface area contributed by atoms with Crippen molar-refractivity contribution >= 4 is 28.3 Å². The van der Waals surface area contributed by atoms with E-state index >= 15 is 4.39 Å². The largest absolute Gasteiger partial charge is 0.494 e. The quantitative estimate of drug-likeness (QED) is 0.362. The number of halogens is 1. The maximum atomic E-state index is 16.5. The molecule has 0 bridgehead atoms. The Morgan fingerprint density at radius 2 is 1.91 bits per heavy atom. The third kappa shape index (κ3) is 5.50. The van der Waals surface area contributed by atoms with Crippen molar-refractivity contribution in [3.05, 3.63) is 66.1 Å². The summed E-state index contributed by atoms with van der Waals surface area (Å²) in [4.78, 5) is 40.2. The molecule has 1 aromatic carbocycles. The number of methoxy groups -OCH3 is 1. The van der Waals surface area contributed by atoms with Gasteiger partial charge in [-0.1, -0.05) is 6.08 Å². The van der Waals surface area contributed by atoms with E-state index in [9.17, 15) is 9.59 Å². The second-order valence-electron chi connectivity index (χ2n) is 11.7. The van der Waals surface area contributed by atoms with Crippen molar-refractivity contribution in [2.24, 2.45) is 0 Å². The Labute approximate surface area is 255 Å². The van der Waals surface area contributed by atoms with Gasteiger partial charge in [0.25, 0.3) is 5.91 Å². The number of rotatable bonds is 8. The van der Waals surface area contributed by atoms with E-state index in [1.54, 1.807) is 41.7 Å². The highest BCUT2D eigenvalue weighted by molar-refractivity contribution is 6.05. The smallest absolute Gasteiger partial charge is 0.270 e. The van der Waals surface area contributed by atoms with Gasteiger partial charge in [-0.15, -0.1) is 5.53 Å². The fraction of sp³-hybridized carbons (Fsp3) is 0.406. The zero-order valence-corrected chi connectivity index (χ0v) is 24.8. The standard InChI is InChI=1S/C32H37FN8O3/c1-44-28-19-34-8-6-23(28)25-17-24(21-3-2-10-40(20-21)29(42)7-11-41-12-9-35-37-41)30(33)31-26(25)18-27(36-31)32(43)39-15-13-38(14-16-39)22-4-5-22/h3,6,8-9,12,17-19,22,35-37H,2,4-5,7,10-11,13-16,20H2,1H3. The molecule has 3 aromatic rings. The maximum Gasteiger partial charge on any atom is 0.270 e. The van der Waals surface area contributed by atoms with Gasteiger partial charge in [0.05, 0.1) is 18.8 Å². The number of aromatic nitrogens is 2. The fourth-order valence-electron chi connectivity index (χ4n) is 6.44. The van der Waals surface area contributed by atoms with Crippen LogP contribution in [0.3, 0.4) is 0 Å². The van der Waals surface area contributed by atoms with Crippen LogP contribution in [0.5, 0.6) is 5.75 Å². The first-order valence-corrected chi connectivity index (χ1v) is 15.3. The molecular weight excluding hydrogens is 563 g/mol. The summed E-state index contributed by atoms with van der Waals surface area (Å²) in [5.41, 5.74) is 9.03.